The van der Waals surface area contributed by atoms with Crippen molar-refractivity contribution in [3.63, 3.8) is 0 Å². The van der Waals surface area contributed by atoms with Gasteiger partial charge in [0.2, 0.25) is 0 Å². The fraction of sp³-hybridized carbons (Fsp3) is 0.700. The van der Waals surface area contributed by atoms with E-state index in [1.165, 1.54) is 22.0 Å². The lowest BCUT2D eigenvalue weighted by Gasteiger charge is -1.96. The fourth-order valence-corrected chi connectivity index (χ4v) is 2.82. The van der Waals surface area contributed by atoms with Crippen LogP contribution in [0.15, 0.2) is 0 Å². The smallest absolute Gasteiger partial charge is 0.0956 e. The Morgan fingerprint density at radius 1 is 1.46 bits per heavy atom. The van der Waals surface area contributed by atoms with E-state index in [0.717, 1.165) is 11.8 Å². The SMILES string of the molecule is CCCc1nc(C(C)C)sc1CBr. The molecule has 0 spiro atoms. The Kier molecular flexibility index (Phi) is 4.39. The molecule has 1 rings (SSSR count). The average Bonchev–Trinajstić information content (AvgIpc) is 2.48. The van der Waals surface area contributed by atoms with Gasteiger partial charge in [0, 0.05) is 16.1 Å². The van der Waals surface area contributed by atoms with E-state index in [1.54, 1.807) is 0 Å². The Morgan fingerprint density at radius 3 is 2.62 bits per heavy atom. The van der Waals surface area contributed by atoms with Gasteiger partial charge in [-0.3, -0.25) is 0 Å². The van der Waals surface area contributed by atoms with Crippen molar-refractivity contribution in [1.82, 2.24) is 4.98 Å². The summed E-state index contributed by atoms with van der Waals surface area (Å²) >= 11 is 5.36. The predicted molar refractivity (Wildman–Crippen MR) is 62.8 cm³/mol. The molecular weight excluding hydrogens is 246 g/mol. The number of alkyl halides is 1. The van der Waals surface area contributed by atoms with Gasteiger partial charge in [0.05, 0.1) is 10.7 Å². The number of nitrogens with zero attached hydrogens (tertiary/aromatic N) is 1. The largest absolute Gasteiger partial charge is 0.246 e. The van der Waals surface area contributed by atoms with Crippen LogP contribution in [0.5, 0.6) is 0 Å². The van der Waals surface area contributed by atoms with E-state index >= 15 is 0 Å². The molecule has 0 fully saturated rings. The van der Waals surface area contributed by atoms with E-state index in [1.807, 2.05) is 11.3 Å². The third-order valence-corrected chi connectivity index (χ3v) is 4.23. The zero-order valence-corrected chi connectivity index (χ0v) is 10.8. The van der Waals surface area contributed by atoms with Crippen molar-refractivity contribution in [3.8, 4) is 0 Å². The molecule has 0 unspecified atom stereocenters. The van der Waals surface area contributed by atoms with Crippen molar-refractivity contribution >= 4 is 27.3 Å². The van der Waals surface area contributed by atoms with Crippen LogP contribution in [0.2, 0.25) is 0 Å². The molecule has 74 valence electrons. The van der Waals surface area contributed by atoms with Gasteiger partial charge in [-0.25, -0.2) is 4.98 Å². The van der Waals surface area contributed by atoms with Gasteiger partial charge in [-0.15, -0.1) is 11.3 Å². The number of halogens is 1. The van der Waals surface area contributed by atoms with Crippen LogP contribution in [0.25, 0.3) is 0 Å². The van der Waals surface area contributed by atoms with Gasteiger partial charge in [0.15, 0.2) is 0 Å². The lowest BCUT2D eigenvalue weighted by atomic mass is 10.2. The number of hydrogen-bond donors (Lipinski definition) is 0. The van der Waals surface area contributed by atoms with Crippen LogP contribution in [-0.4, -0.2) is 4.98 Å². The van der Waals surface area contributed by atoms with Crippen molar-refractivity contribution in [1.29, 1.82) is 0 Å². The van der Waals surface area contributed by atoms with Crippen LogP contribution < -0.4 is 0 Å². The average molecular weight is 262 g/mol. The molecule has 1 nitrogen and oxygen atoms in total. The third kappa shape index (κ3) is 2.78. The van der Waals surface area contributed by atoms with Gasteiger partial charge in [0.25, 0.3) is 0 Å². The zero-order valence-electron chi connectivity index (χ0n) is 8.43. The van der Waals surface area contributed by atoms with Crippen LogP contribution >= 0.6 is 27.3 Å². The maximum atomic E-state index is 4.66. The van der Waals surface area contributed by atoms with Crippen molar-refractivity contribution < 1.29 is 0 Å². The van der Waals surface area contributed by atoms with Gasteiger partial charge in [0.1, 0.15) is 0 Å². The van der Waals surface area contributed by atoms with E-state index in [2.05, 4.69) is 41.7 Å². The lowest BCUT2D eigenvalue weighted by molar-refractivity contribution is 0.820. The van der Waals surface area contributed by atoms with E-state index in [-0.39, 0.29) is 0 Å². The second-order valence-corrected chi connectivity index (χ2v) is 5.14. The van der Waals surface area contributed by atoms with Crippen LogP contribution in [0, 0.1) is 0 Å². The van der Waals surface area contributed by atoms with Crippen LogP contribution in [-0.2, 0) is 11.8 Å². The van der Waals surface area contributed by atoms with E-state index in [9.17, 15) is 0 Å². The molecule has 0 aliphatic carbocycles. The summed E-state index contributed by atoms with van der Waals surface area (Å²) in [4.78, 5) is 6.07. The van der Waals surface area contributed by atoms with E-state index in [4.69, 9.17) is 0 Å². The van der Waals surface area contributed by atoms with Crippen LogP contribution in [0.4, 0.5) is 0 Å². The minimum absolute atomic E-state index is 0.563. The molecule has 3 heteroatoms. The Balaban J connectivity index is 2.90. The second kappa shape index (κ2) is 5.11. The summed E-state index contributed by atoms with van der Waals surface area (Å²) in [5, 5.41) is 2.23. The summed E-state index contributed by atoms with van der Waals surface area (Å²) in [5.41, 5.74) is 1.30. The standard InChI is InChI=1S/C10H16BrNS/c1-4-5-8-9(6-11)13-10(12-8)7(2)3/h7H,4-6H2,1-3H3. The van der Waals surface area contributed by atoms with Crippen molar-refractivity contribution in [3.05, 3.63) is 15.6 Å². The van der Waals surface area contributed by atoms with Gasteiger partial charge >= 0.3 is 0 Å². The Hall–Kier alpha value is 0.110. The second-order valence-electron chi connectivity index (χ2n) is 3.46. The third-order valence-electron chi connectivity index (χ3n) is 1.90. The highest BCUT2D eigenvalue weighted by Crippen LogP contribution is 2.27. The number of thiazole rings is 1. The minimum Gasteiger partial charge on any atom is -0.246 e. The summed E-state index contributed by atoms with van der Waals surface area (Å²) in [6.45, 7) is 6.60. The summed E-state index contributed by atoms with van der Waals surface area (Å²) in [6.07, 6.45) is 2.30. The van der Waals surface area contributed by atoms with E-state index < -0.39 is 0 Å². The zero-order chi connectivity index (χ0) is 9.84. The molecule has 1 aromatic heterocycles. The number of aryl methyl sites for hydroxylation is 1. The maximum absolute atomic E-state index is 4.66. The Bertz CT molecular complexity index is 268. The minimum atomic E-state index is 0.563. The quantitative estimate of drug-likeness (QED) is 0.744. The monoisotopic (exact) mass is 261 g/mol. The molecule has 13 heavy (non-hydrogen) atoms. The molecule has 0 amide bonds. The Morgan fingerprint density at radius 2 is 2.15 bits per heavy atom. The van der Waals surface area contributed by atoms with Gasteiger partial charge in [-0.2, -0.15) is 0 Å². The maximum Gasteiger partial charge on any atom is 0.0956 e. The molecule has 1 heterocycles. The molecule has 0 bridgehead atoms. The normalized spacial score (nSPS) is 11.2. The molecule has 0 atom stereocenters. The molecule has 0 aromatic carbocycles. The van der Waals surface area contributed by atoms with Crippen LogP contribution in [0.1, 0.15) is 48.7 Å². The summed E-state index contributed by atoms with van der Waals surface area (Å²) in [5.74, 6) is 0.563. The van der Waals surface area contributed by atoms with Gasteiger partial charge in [-0.1, -0.05) is 43.1 Å². The molecule has 0 saturated carbocycles. The molecule has 1 aromatic rings. The van der Waals surface area contributed by atoms with Crippen molar-refractivity contribution in [2.45, 2.75) is 44.9 Å². The molecule has 0 aliphatic heterocycles. The molecule has 0 radical (unpaired) electrons. The molecule has 0 N–H and O–H groups in total. The highest BCUT2D eigenvalue weighted by molar-refractivity contribution is 9.08. The summed E-state index contributed by atoms with van der Waals surface area (Å²) < 4.78 is 0. The fourth-order valence-electron chi connectivity index (χ4n) is 1.19. The first kappa shape index (κ1) is 11.2. The number of rotatable bonds is 4. The first-order valence-electron chi connectivity index (χ1n) is 4.73. The highest BCUT2D eigenvalue weighted by atomic mass is 79.9. The number of aromatic nitrogens is 1. The topological polar surface area (TPSA) is 12.9 Å². The van der Waals surface area contributed by atoms with E-state index in [0.29, 0.717) is 5.92 Å². The molecular formula is C10H16BrNS. The van der Waals surface area contributed by atoms with Gasteiger partial charge in [-0.05, 0) is 6.42 Å². The first-order valence-corrected chi connectivity index (χ1v) is 6.67. The predicted octanol–water partition coefficient (Wildman–Crippen LogP) is 4.11. The lowest BCUT2D eigenvalue weighted by Crippen LogP contribution is -1.89. The highest BCUT2D eigenvalue weighted by Gasteiger charge is 2.11. The first-order chi connectivity index (χ1) is 6.19. The summed E-state index contributed by atoms with van der Waals surface area (Å²) in [6, 6.07) is 0. The van der Waals surface area contributed by atoms with Crippen molar-refractivity contribution in [2.24, 2.45) is 0 Å². The molecule has 0 aliphatic rings. The van der Waals surface area contributed by atoms with Crippen LogP contribution in [0.3, 0.4) is 0 Å². The molecule has 0 saturated heterocycles. The van der Waals surface area contributed by atoms with Gasteiger partial charge < -0.3 is 0 Å². The summed E-state index contributed by atoms with van der Waals surface area (Å²) in [7, 11) is 0. The Labute approximate surface area is 92.7 Å². The number of hydrogen-bond acceptors (Lipinski definition) is 2. The van der Waals surface area contributed by atoms with Crippen molar-refractivity contribution in [2.75, 3.05) is 0 Å².